The van der Waals surface area contributed by atoms with Crippen molar-refractivity contribution in [3.8, 4) is 0 Å². The number of ether oxygens (including phenoxy) is 1. The molecule has 0 aromatic carbocycles. The fraction of sp³-hybridized carbons (Fsp3) is 0.500. The molecular weight excluding hydrogens is 518 g/mol. The van der Waals surface area contributed by atoms with E-state index in [-0.39, 0.29) is 11.9 Å². The Morgan fingerprint density at radius 3 is 2.17 bits per heavy atom. The number of anilines is 1. The van der Waals surface area contributed by atoms with Crippen molar-refractivity contribution in [2.75, 3.05) is 18.8 Å². The average molecular weight is 562 g/mol. The van der Waals surface area contributed by atoms with E-state index in [1.54, 1.807) is 36.4 Å². The molecule has 1 saturated carbocycles. The van der Waals surface area contributed by atoms with Crippen LogP contribution in [0.5, 0.6) is 0 Å². The molecule has 4 heterocycles. The zero-order valence-electron chi connectivity index (χ0n) is 24.7. The first-order chi connectivity index (χ1) is 19.6. The highest BCUT2D eigenvalue weighted by Crippen LogP contribution is 2.28. The Kier molecular flexibility index (Phi) is 11.7. The van der Waals surface area contributed by atoms with Crippen LogP contribution in [-0.2, 0) is 9.53 Å². The maximum Gasteiger partial charge on any atom is 0.410 e. The number of Topliss-reactive ketones (excluding diaryl/α,β-unsaturated/α-hetero) is 1. The topological polar surface area (TPSA) is 128 Å². The van der Waals surface area contributed by atoms with Crippen LogP contribution in [0.15, 0.2) is 48.8 Å². The number of piperidine rings is 1. The Morgan fingerprint density at radius 1 is 0.951 bits per heavy atom. The average Bonchev–Trinajstić information content (AvgIpc) is 2.97. The lowest BCUT2D eigenvalue weighted by Crippen LogP contribution is -2.41. The molecule has 3 aromatic heterocycles. The SMILES string of the molecule is CC(=O)C1CCCCC1.CC(C)(C)OC(=O)N1CCC(c2ccc3cccnc3n2)CC1.Nc1ncccc1C=O. The zero-order chi connectivity index (χ0) is 29.8. The van der Waals surface area contributed by atoms with Gasteiger partial charge in [-0.15, -0.1) is 0 Å². The molecule has 0 spiro atoms. The van der Waals surface area contributed by atoms with Gasteiger partial charge in [-0.2, -0.15) is 0 Å². The highest BCUT2D eigenvalue weighted by atomic mass is 16.6. The fourth-order valence-corrected chi connectivity index (χ4v) is 4.92. The van der Waals surface area contributed by atoms with E-state index in [2.05, 4.69) is 27.1 Å². The smallest absolute Gasteiger partial charge is 0.410 e. The predicted molar refractivity (Wildman–Crippen MR) is 161 cm³/mol. The highest BCUT2D eigenvalue weighted by molar-refractivity contribution is 5.81. The van der Waals surface area contributed by atoms with Gasteiger partial charge in [0.2, 0.25) is 0 Å². The highest BCUT2D eigenvalue weighted by Gasteiger charge is 2.28. The van der Waals surface area contributed by atoms with E-state index in [4.69, 9.17) is 10.5 Å². The number of nitrogens with zero attached hydrogens (tertiary/aromatic N) is 4. The number of ketones is 1. The second-order valence-corrected chi connectivity index (χ2v) is 11.6. The van der Waals surface area contributed by atoms with Crippen molar-refractivity contribution in [2.45, 2.75) is 84.2 Å². The van der Waals surface area contributed by atoms with E-state index < -0.39 is 5.60 Å². The van der Waals surface area contributed by atoms with Crippen LogP contribution in [0.2, 0.25) is 0 Å². The van der Waals surface area contributed by atoms with Gasteiger partial charge in [-0.25, -0.2) is 19.7 Å². The quantitative estimate of drug-likeness (QED) is 0.365. The van der Waals surface area contributed by atoms with Gasteiger partial charge in [-0.1, -0.05) is 19.3 Å². The van der Waals surface area contributed by atoms with Gasteiger partial charge in [-0.05, 0) is 89.8 Å². The van der Waals surface area contributed by atoms with Crippen LogP contribution in [0.25, 0.3) is 11.0 Å². The summed E-state index contributed by atoms with van der Waals surface area (Å²) in [5.74, 6) is 1.47. The molecule has 0 bridgehead atoms. The number of amides is 1. The number of likely N-dealkylation sites (tertiary alicyclic amines) is 1. The van der Waals surface area contributed by atoms with E-state index in [1.165, 1.54) is 19.3 Å². The number of hydrogen-bond donors (Lipinski definition) is 1. The first-order valence-corrected chi connectivity index (χ1v) is 14.4. The normalized spacial score (nSPS) is 16.0. The molecule has 1 amide bonds. The zero-order valence-corrected chi connectivity index (χ0v) is 24.7. The summed E-state index contributed by atoms with van der Waals surface area (Å²) in [5.41, 5.74) is 7.15. The number of carbonyl (C=O) groups excluding carboxylic acids is 3. The maximum atomic E-state index is 12.1. The van der Waals surface area contributed by atoms with Crippen molar-refractivity contribution >= 4 is 35.0 Å². The molecule has 9 heteroatoms. The Labute approximate surface area is 242 Å². The maximum absolute atomic E-state index is 12.1. The molecule has 1 aliphatic carbocycles. The summed E-state index contributed by atoms with van der Waals surface area (Å²) in [5, 5.41) is 1.06. The van der Waals surface area contributed by atoms with E-state index in [1.807, 2.05) is 32.9 Å². The first-order valence-electron chi connectivity index (χ1n) is 14.4. The summed E-state index contributed by atoms with van der Waals surface area (Å²) in [7, 11) is 0. The molecule has 0 radical (unpaired) electrons. The molecular formula is C32H43N5O4. The molecule has 0 atom stereocenters. The number of nitrogens with two attached hydrogens (primary N) is 1. The predicted octanol–water partition coefficient (Wildman–Crippen LogP) is 6.38. The largest absolute Gasteiger partial charge is 0.444 e. The molecule has 1 aliphatic heterocycles. The van der Waals surface area contributed by atoms with Crippen LogP contribution in [0, 0.1) is 5.92 Å². The molecule has 2 N–H and O–H groups in total. The van der Waals surface area contributed by atoms with Crippen molar-refractivity contribution in [3.63, 3.8) is 0 Å². The van der Waals surface area contributed by atoms with Crippen molar-refractivity contribution in [1.82, 2.24) is 19.9 Å². The van der Waals surface area contributed by atoms with Crippen molar-refractivity contribution in [2.24, 2.45) is 5.92 Å². The Hall–Kier alpha value is -3.88. The van der Waals surface area contributed by atoms with Crippen LogP contribution < -0.4 is 5.73 Å². The van der Waals surface area contributed by atoms with Crippen LogP contribution >= 0.6 is 0 Å². The Balaban J connectivity index is 0.000000210. The van der Waals surface area contributed by atoms with Gasteiger partial charge in [0.25, 0.3) is 0 Å². The van der Waals surface area contributed by atoms with Crippen molar-refractivity contribution in [3.05, 3.63) is 60.0 Å². The summed E-state index contributed by atoms with van der Waals surface area (Å²) < 4.78 is 5.44. The third-order valence-electron chi connectivity index (χ3n) is 7.23. The minimum Gasteiger partial charge on any atom is -0.444 e. The van der Waals surface area contributed by atoms with Gasteiger partial charge in [0, 0.05) is 48.4 Å². The number of rotatable bonds is 3. The number of aromatic nitrogens is 3. The second-order valence-electron chi connectivity index (χ2n) is 11.6. The third-order valence-corrected chi connectivity index (χ3v) is 7.23. The Morgan fingerprint density at radius 2 is 1.61 bits per heavy atom. The summed E-state index contributed by atoms with van der Waals surface area (Å²) in [6.07, 6.45) is 11.8. The lowest BCUT2D eigenvalue weighted by Gasteiger charge is -2.33. The molecule has 9 nitrogen and oxygen atoms in total. The second kappa shape index (κ2) is 15.2. The molecule has 41 heavy (non-hydrogen) atoms. The van der Waals surface area contributed by atoms with Gasteiger partial charge < -0.3 is 15.4 Å². The third kappa shape index (κ3) is 10.2. The monoisotopic (exact) mass is 561 g/mol. The Bertz CT molecular complexity index is 1290. The summed E-state index contributed by atoms with van der Waals surface area (Å²) in [6.45, 7) is 8.82. The van der Waals surface area contributed by atoms with Crippen LogP contribution in [-0.4, -0.2) is 56.7 Å². The van der Waals surface area contributed by atoms with Crippen molar-refractivity contribution in [1.29, 1.82) is 0 Å². The molecule has 3 aromatic rings. The molecule has 1 saturated heterocycles. The molecule has 0 unspecified atom stereocenters. The van der Waals surface area contributed by atoms with Crippen molar-refractivity contribution < 1.29 is 19.1 Å². The number of pyridine rings is 3. The summed E-state index contributed by atoms with van der Waals surface area (Å²) in [4.78, 5) is 47.5. The minimum atomic E-state index is -0.445. The summed E-state index contributed by atoms with van der Waals surface area (Å²) in [6, 6.07) is 11.4. The van der Waals surface area contributed by atoms with Crippen LogP contribution in [0.4, 0.5) is 10.6 Å². The molecule has 5 rings (SSSR count). The minimum absolute atomic E-state index is 0.218. The van der Waals surface area contributed by atoms with E-state index in [0.29, 0.717) is 42.6 Å². The number of aldehydes is 1. The van der Waals surface area contributed by atoms with Gasteiger partial charge >= 0.3 is 6.09 Å². The van der Waals surface area contributed by atoms with Gasteiger partial charge in [0.15, 0.2) is 11.9 Å². The lowest BCUT2D eigenvalue weighted by atomic mass is 9.87. The number of fused-ring (bicyclic) bond motifs is 1. The number of hydrogen-bond acceptors (Lipinski definition) is 8. The van der Waals surface area contributed by atoms with Gasteiger partial charge in [0.1, 0.15) is 17.2 Å². The summed E-state index contributed by atoms with van der Waals surface area (Å²) >= 11 is 0. The van der Waals surface area contributed by atoms with E-state index >= 15 is 0 Å². The van der Waals surface area contributed by atoms with Crippen LogP contribution in [0.1, 0.15) is 94.6 Å². The fourth-order valence-electron chi connectivity index (χ4n) is 4.92. The number of carbonyl (C=O) groups is 3. The van der Waals surface area contributed by atoms with Gasteiger partial charge in [0.05, 0.1) is 5.56 Å². The van der Waals surface area contributed by atoms with Gasteiger partial charge in [-0.3, -0.25) is 9.59 Å². The lowest BCUT2D eigenvalue weighted by molar-refractivity contribution is -0.121. The number of nitrogen functional groups attached to an aromatic ring is 1. The molecule has 2 fully saturated rings. The van der Waals surface area contributed by atoms with Crippen LogP contribution in [0.3, 0.4) is 0 Å². The van der Waals surface area contributed by atoms with E-state index in [9.17, 15) is 14.4 Å². The first kappa shape index (κ1) is 31.6. The molecule has 2 aliphatic rings. The molecule has 220 valence electrons. The standard InChI is InChI=1S/C18H23N3O2.C8H14O.C6H6N2O/c1-18(2,3)23-17(22)21-11-8-13(9-12-21)15-7-6-14-5-4-10-19-16(14)20-15;1-7(9)8-5-3-2-4-6-8;7-6-5(4-9)2-1-3-8-6/h4-7,10,13H,8-9,11-12H2,1-3H3;8H,2-6H2,1H3;1-4H,(H2,7,8). The van der Waals surface area contributed by atoms with E-state index in [0.717, 1.165) is 42.4 Å².